The minimum absolute atomic E-state index is 0.287. The Morgan fingerprint density at radius 3 is 2.30 bits per heavy atom. The van der Waals surface area contributed by atoms with E-state index in [2.05, 4.69) is 13.8 Å². The molecule has 1 heterocycles. The quantitative estimate of drug-likeness (QED) is 0.726. The lowest BCUT2D eigenvalue weighted by molar-refractivity contribution is 0.415. The molecule has 0 bridgehead atoms. The third kappa shape index (κ3) is 2.72. The number of hydrogen-bond donors (Lipinski definition) is 0. The number of ether oxygens (including phenoxy) is 1. The van der Waals surface area contributed by atoms with E-state index in [1.165, 1.54) is 3.97 Å². The largest absolute Gasteiger partial charge is 0.497 e. The number of benzene rings is 2. The fourth-order valence-electron chi connectivity index (χ4n) is 2.57. The first-order chi connectivity index (χ1) is 10.9. The van der Waals surface area contributed by atoms with Crippen LogP contribution in [0, 0.1) is 0 Å². The molecule has 0 amide bonds. The van der Waals surface area contributed by atoms with Crippen LogP contribution in [0.3, 0.4) is 0 Å². The van der Waals surface area contributed by atoms with Crippen LogP contribution < -0.4 is 4.74 Å². The summed E-state index contributed by atoms with van der Waals surface area (Å²) in [5.41, 5.74) is 1.75. The Morgan fingerprint density at radius 1 is 1.00 bits per heavy atom. The molecule has 1 aromatic heterocycles. The first-order valence-electron chi connectivity index (χ1n) is 7.44. The van der Waals surface area contributed by atoms with Crippen molar-refractivity contribution in [2.75, 3.05) is 7.11 Å². The van der Waals surface area contributed by atoms with Crippen LogP contribution in [-0.2, 0) is 10.0 Å². The van der Waals surface area contributed by atoms with E-state index < -0.39 is 10.0 Å². The fourth-order valence-corrected chi connectivity index (χ4v) is 3.92. The van der Waals surface area contributed by atoms with Gasteiger partial charge in [-0.1, -0.05) is 26.0 Å². The van der Waals surface area contributed by atoms with Gasteiger partial charge in [-0.25, -0.2) is 12.4 Å². The van der Waals surface area contributed by atoms with Gasteiger partial charge in [0.25, 0.3) is 10.0 Å². The summed E-state index contributed by atoms with van der Waals surface area (Å²) in [4.78, 5) is 0.287. The van der Waals surface area contributed by atoms with Gasteiger partial charge in [0, 0.05) is 11.6 Å². The molecule has 0 N–H and O–H groups in total. The molecule has 0 atom stereocenters. The number of nitrogens with zero attached hydrogens (tertiary/aromatic N) is 1. The van der Waals surface area contributed by atoms with Gasteiger partial charge in [-0.3, -0.25) is 0 Å². The van der Waals surface area contributed by atoms with Crippen LogP contribution in [0.2, 0.25) is 0 Å². The maximum absolute atomic E-state index is 12.9. The van der Waals surface area contributed by atoms with Gasteiger partial charge < -0.3 is 4.74 Å². The van der Waals surface area contributed by atoms with Crippen molar-refractivity contribution in [1.29, 1.82) is 0 Å². The topological polar surface area (TPSA) is 48.3 Å². The molecular formula is C18H19NO3S. The predicted molar refractivity (Wildman–Crippen MR) is 91.6 cm³/mol. The van der Waals surface area contributed by atoms with E-state index in [0.29, 0.717) is 17.2 Å². The lowest BCUT2D eigenvalue weighted by Gasteiger charge is -2.10. The average molecular weight is 329 g/mol. The molecule has 120 valence electrons. The molecule has 3 aromatic rings. The molecule has 0 aliphatic rings. The van der Waals surface area contributed by atoms with E-state index in [1.54, 1.807) is 43.6 Å². The number of methoxy groups -OCH3 is 1. The summed E-state index contributed by atoms with van der Waals surface area (Å²) < 4.78 is 32.2. The van der Waals surface area contributed by atoms with Gasteiger partial charge in [-0.15, -0.1) is 0 Å². The van der Waals surface area contributed by atoms with Crippen LogP contribution >= 0.6 is 0 Å². The minimum Gasteiger partial charge on any atom is -0.497 e. The summed E-state index contributed by atoms with van der Waals surface area (Å²) >= 11 is 0. The summed E-state index contributed by atoms with van der Waals surface area (Å²) in [7, 11) is -2.02. The first-order valence-corrected chi connectivity index (χ1v) is 8.88. The van der Waals surface area contributed by atoms with E-state index >= 15 is 0 Å². The van der Waals surface area contributed by atoms with Crippen LogP contribution in [0.5, 0.6) is 5.75 Å². The monoisotopic (exact) mass is 329 g/mol. The van der Waals surface area contributed by atoms with Gasteiger partial charge in [0.05, 0.1) is 17.5 Å². The molecule has 3 rings (SSSR count). The lowest BCUT2D eigenvalue weighted by Crippen LogP contribution is -2.11. The Balaban J connectivity index is 2.09. The normalized spacial score (nSPS) is 12.0. The van der Waals surface area contributed by atoms with Crippen molar-refractivity contribution < 1.29 is 13.2 Å². The Kier molecular flexibility index (Phi) is 3.90. The molecule has 0 spiro atoms. The van der Waals surface area contributed by atoms with E-state index in [4.69, 9.17) is 4.74 Å². The predicted octanol–water partition coefficient (Wildman–Crippen LogP) is 4.01. The molecular weight excluding hydrogens is 310 g/mol. The van der Waals surface area contributed by atoms with Crippen molar-refractivity contribution in [2.45, 2.75) is 24.7 Å². The standard InChI is InChI=1S/C18H19NO3S/c1-13(2)14-4-7-17(8-5-14)23(20,21)19-11-10-15-12-16(22-3)6-9-18(15)19/h4-13H,1-3H3. The summed E-state index contributed by atoms with van der Waals surface area (Å²) in [6.45, 7) is 4.16. The second-order valence-electron chi connectivity index (χ2n) is 5.77. The second-order valence-corrected chi connectivity index (χ2v) is 7.58. The highest BCUT2D eigenvalue weighted by molar-refractivity contribution is 7.90. The molecule has 0 saturated carbocycles. The highest BCUT2D eigenvalue weighted by Gasteiger charge is 2.19. The fraction of sp³-hybridized carbons (Fsp3) is 0.222. The third-order valence-corrected chi connectivity index (χ3v) is 5.67. The molecule has 4 nitrogen and oxygen atoms in total. The van der Waals surface area contributed by atoms with Crippen LogP contribution in [0.15, 0.2) is 59.6 Å². The zero-order chi connectivity index (χ0) is 16.6. The third-order valence-electron chi connectivity index (χ3n) is 3.97. The molecule has 0 aliphatic heterocycles. The van der Waals surface area contributed by atoms with Crippen molar-refractivity contribution in [1.82, 2.24) is 3.97 Å². The van der Waals surface area contributed by atoms with E-state index in [9.17, 15) is 8.42 Å². The van der Waals surface area contributed by atoms with Gasteiger partial charge in [0.15, 0.2) is 0 Å². The molecule has 5 heteroatoms. The van der Waals surface area contributed by atoms with Crippen molar-refractivity contribution in [3.63, 3.8) is 0 Å². The summed E-state index contributed by atoms with van der Waals surface area (Å²) in [5.74, 6) is 1.07. The van der Waals surface area contributed by atoms with E-state index in [-0.39, 0.29) is 4.90 Å². The number of fused-ring (bicyclic) bond motifs is 1. The van der Waals surface area contributed by atoms with Crippen molar-refractivity contribution >= 4 is 20.9 Å². The van der Waals surface area contributed by atoms with Gasteiger partial charge >= 0.3 is 0 Å². The van der Waals surface area contributed by atoms with Crippen LogP contribution in [-0.4, -0.2) is 19.5 Å². The maximum Gasteiger partial charge on any atom is 0.268 e. The average Bonchev–Trinajstić information content (AvgIpc) is 2.98. The molecule has 2 aromatic carbocycles. The maximum atomic E-state index is 12.9. The van der Waals surface area contributed by atoms with Crippen LogP contribution in [0.1, 0.15) is 25.3 Å². The molecule has 0 radical (unpaired) electrons. The van der Waals surface area contributed by atoms with Crippen molar-refractivity contribution in [3.05, 3.63) is 60.3 Å². The smallest absolute Gasteiger partial charge is 0.268 e. The zero-order valence-electron chi connectivity index (χ0n) is 13.4. The van der Waals surface area contributed by atoms with Gasteiger partial charge in [-0.2, -0.15) is 0 Å². The zero-order valence-corrected chi connectivity index (χ0v) is 14.2. The van der Waals surface area contributed by atoms with Crippen LogP contribution in [0.25, 0.3) is 10.9 Å². The molecule has 0 aliphatic carbocycles. The van der Waals surface area contributed by atoms with Gasteiger partial charge in [0.2, 0.25) is 0 Å². The van der Waals surface area contributed by atoms with Crippen molar-refractivity contribution in [2.24, 2.45) is 0 Å². The van der Waals surface area contributed by atoms with Crippen molar-refractivity contribution in [3.8, 4) is 5.75 Å². The Hall–Kier alpha value is -2.27. The Morgan fingerprint density at radius 2 is 1.70 bits per heavy atom. The van der Waals surface area contributed by atoms with E-state index in [0.717, 1.165) is 10.9 Å². The lowest BCUT2D eigenvalue weighted by atomic mass is 10.0. The highest BCUT2D eigenvalue weighted by Crippen LogP contribution is 2.26. The van der Waals surface area contributed by atoms with Gasteiger partial charge in [0.1, 0.15) is 5.75 Å². The van der Waals surface area contributed by atoms with E-state index in [1.807, 2.05) is 18.2 Å². The summed E-state index contributed by atoms with van der Waals surface area (Å²) in [6, 6.07) is 14.2. The Bertz CT molecular complexity index is 938. The Labute approximate surface area is 136 Å². The second kappa shape index (κ2) is 5.74. The first kappa shape index (κ1) is 15.6. The minimum atomic E-state index is -3.61. The SMILES string of the molecule is COc1ccc2c(ccn2S(=O)(=O)c2ccc(C(C)C)cc2)c1. The molecule has 23 heavy (non-hydrogen) atoms. The summed E-state index contributed by atoms with van der Waals surface area (Å²) in [6.07, 6.45) is 1.58. The van der Waals surface area contributed by atoms with Crippen LogP contribution in [0.4, 0.5) is 0 Å². The molecule has 0 fully saturated rings. The van der Waals surface area contributed by atoms with Gasteiger partial charge in [-0.05, 0) is 47.9 Å². The molecule has 0 saturated heterocycles. The molecule has 0 unspecified atom stereocenters. The highest BCUT2D eigenvalue weighted by atomic mass is 32.2. The number of hydrogen-bond acceptors (Lipinski definition) is 3. The summed E-state index contributed by atoms with van der Waals surface area (Å²) in [5, 5.41) is 0.826. The number of rotatable bonds is 4. The number of aromatic nitrogens is 1.